The minimum Gasteiger partial charge on any atom is -0.459 e. The second-order valence-corrected chi connectivity index (χ2v) is 5.42. The Morgan fingerprint density at radius 2 is 2.17 bits per heavy atom. The lowest BCUT2D eigenvalue weighted by atomic mass is 9.89. The Kier molecular flexibility index (Phi) is 4.40. The first-order valence-corrected chi connectivity index (χ1v) is 6.71. The zero-order valence-electron chi connectivity index (χ0n) is 10.0. The van der Waals surface area contributed by atoms with Crippen LogP contribution in [0.3, 0.4) is 0 Å². The molecule has 1 fully saturated rings. The summed E-state index contributed by atoms with van der Waals surface area (Å²) in [5.74, 6) is 0.113. The Hall–Kier alpha value is -0.870. The van der Waals surface area contributed by atoms with Gasteiger partial charge in [-0.15, -0.1) is 10.2 Å². The third-order valence-corrected chi connectivity index (χ3v) is 3.56. The normalized spacial score (nSPS) is 23.7. The van der Waals surface area contributed by atoms with Crippen LogP contribution in [0, 0.1) is 5.92 Å². The summed E-state index contributed by atoms with van der Waals surface area (Å²) in [6.07, 6.45) is 4.04. The van der Waals surface area contributed by atoms with Crippen molar-refractivity contribution in [2.45, 2.75) is 38.7 Å². The maximum atomic E-state index is 12.0. The summed E-state index contributed by atoms with van der Waals surface area (Å²) < 4.78 is 5.43. The number of rotatable bonds is 2. The van der Waals surface area contributed by atoms with Crippen molar-refractivity contribution in [3.05, 3.63) is 21.9 Å². The molecule has 0 amide bonds. The quantitative estimate of drug-likeness (QED) is 0.782. The second-order valence-electron chi connectivity index (χ2n) is 4.67. The highest BCUT2D eigenvalue weighted by Crippen LogP contribution is 2.27. The van der Waals surface area contributed by atoms with E-state index in [0.29, 0.717) is 5.92 Å². The van der Waals surface area contributed by atoms with Crippen molar-refractivity contribution in [1.82, 2.24) is 10.2 Å². The molecule has 18 heavy (non-hydrogen) atoms. The molecule has 6 heteroatoms. The molecule has 4 nitrogen and oxygen atoms in total. The van der Waals surface area contributed by atoms with E-state index in [1.165, 1.54) is 12.5 Å². The van der Waals surface area contributed by atoms with Gasteiger partial charge in [0.15, 0.2) is 10.3 Å². The maximum absolute atomic E-state index is 12.0. The van der Waals surface area contributed by atoms with Crippen LogP contribution in [0.2, 0.25) is 10.3 Å². The molecule has 0 N–H and O–H groups in total. The summed E-state index contributed by atoms with van der Waals surface area (Å²) in [5.41, 5.74) is 0.176. The zero-order chi connectivity index (χ0) is 13.1. The molecule has 0 aliphatic heterocycles. The van der Waals surface area contributed by atoms with Crippen LogP contribution in [-0.4, -0.2) is 22.3 Å². The number of carbonyl (C=O) groups excluding carboxylic acids is 1. The molecule has 0 saturated heterocycles. The predicted molar refractivity (Wildman–Crippen MR) is 68.9 cm³/mol. The summed E-state index contributed by atoms with van der Waals surface area (Å²) in [5, 5.41) is 7.30. The van der Waals surface area contributed by atoms with Gasteiger partial charge in [-0.3, -0.25) is 0 Å². The minimum absolute atomic E-state index is 0.0215. The molecule has 98 valence electrons. The monoisotopic (exact) mass is 288 g/mol. The SMILES string of the molecule is CC1CCCC(OC(=O)c2cc(Cl)nnc2Cl)C1. The van der Waals surface area contributed by atoms with Crippen molar-refractivity contribution in [2.24, 2.45) is 5.92 Å². The van der Waals surface area contributed by atoms with Gasteiger partial charge in [0.25, 0.3) is 0 Å². The Bertz CT molecular complexity index is 454. The van der Waals surface area contributed by atoms with E-state index in [4.69, 9.17) is 27.9 Å². The summed E-state index contributed by atoms with van der Waals surface area (Å²) in [7, 11) is 0. The van der Waals surface area contributed by atoms with Gasteiger partial charge < -0.3 is 4.74 Å². The van der Waals surface area contributed by atoms with Crippen LogP contribution >= 0.6 is 23.2 Å². The van der Waals surface area contributed by atoms with Gasteiger partial charge >= 0.3 is 5.97 Å². The highest BCUT2D eigenvalue weighted by Gasteiger charge is 2.24. The van der Waals surface area contributed by atoms with Gasteiger partial charge in [0.05, 0.1) is 0 Å². The smallest absolute Gasteiger partial charge is 0.341 e. The van der Waals surface area contributed by atoms with Crippen molar-refractivity contribution in [1.29, 1.82) is 0 Å². The number of hydrogen-bond acceptors (Lipinski definition) is 4. The fraction of sp³-hybridized carbons (Fsp3) is 0.583. The topological polar surface area (TPSA) is 52.1 Å². The van der Waals surface area contributed by atoms with Crippen molar-refractivity contribution < 1.29 is 9.53 Å². The molecular formula is C12H14Cl2N2O2. The van der Waals surface area contributed by atoms with Crippen molar-refractivity contribution in [3.63, 3.8) is 0 Å². The first-order valence-electron chi connectivity index (χ1n) is 5.96. The largest absolute Gasteiger partial charge is 0.459 e. The Morgan fingerprint density at radius 1 is 1.39 bits per heavy atom. The summed E-state index contributed by atoms with van der Waals surface area (Å²) in [6.45, 7) is 2.16. The predicted octanol–water partition coefficient (Wildman–Crippen LogP) is 3.52. The summed E-state index contributed by atoms with van der Waals surface area (Å²) in [6, 6.07) is 1.38. The lowest BCUT2D eigenvalue weighted by Gasteiger charge is -2.26. The van der Waals surface area contributed by atoms with Crippen molar-refractivity contribution in [2.75, 3.05) is 0 Å². The first kappa shape index (κ1) is 13.6. The zero-order valence-corrected chi connectivity index (χ0v) is 11.5. The number of ether oxygens (including phenoxy) is 1. The lowest BCUT2D eigenvalue weighted by Crippen LogP contribution is -2.24. The maximum Gasteiger partial charge on any atom is 0.341 e. The van der Waals surface area contributed by atoms with E-state index in [-0.39, 0.29) is 22.0 Å². The number of esters is 1. The van der Waals surface area contributed by atoms with Crippen LogP contribution in [0.5, 0.6) is 0 Å². The fourth-order valence-electron chi connectivity index (χ4n) is 2.20. The molecule has 0 aromatic carbocycles. The molecule has 2 atom stereocenters. The van der Waals surface area contributed by atoms with E-state index >= 15 is 0 Å². The average Bonchev–Trinajstić information content (AvgIpc) is 2.32. The molecule has 1 aromatic rings. The average molecular weight is 289 g/mol. The lowest BCUT2D eigenvalue weighted by molar-refractivity contribution is 0.0154. The molecule has 1 aromatic heterocycles. The number of hydrogen-bond donors (Lipinski definition) is 0. The van der Waals surface area contributed by atoms with Gasteiger partial charge in [-0.2, -0.15) is 0 Å². The van der Waals surface area contributed by atoms with E-state index < -0.39 is 5.97 Å². The number of carbonyl (C=O) groups is 1. The second kappa shape index (κ2) is 5.85. The van der Waals surface area contributed by atoms with Crippen molar-refractivity contribution in [3.8, 4) is 0 Å². The third-order valence-electron chi connectivity index (χ3n) is 3.10. The highest BCUT2D eigenvalue weighted by atomic mass is 35.5. The van der Waals surface area contributed by atoms with Crippen LogP contribution < -0.4 is 0 Å². The van der Waals surface area contributed by atoms with Gasteiger partial charge in [-0.25, -0.2) is 4.79 Å². The molecule has 1 aliphatic carbocycles. The molecule has 0 radical (unpaired) electrons. The summed E-state index contributed by atoms with van der Waals surface area (Å²) in [4.78, 5) is 12.0. The molecule has 2 unspecified atom stereocenters. The summed E-state index contributed by atoms with van der Waals surface area (Å²) >= 11 is 11.5. The van der Waals surface area contributed by atoms with E-state index in [2.05, 4.69) is 17.1 Å². The first-order chi connectivity index (χ1) is 8.56. The standard InChI is InChI=1S/C12H14Cl2N2O2/c1-7-3-2-4-8(5-7)18-12(17)9-6-10(13)15-16-11(9)14/h6-8H,2-5H2,1H3. The van der Waals surface area contributed by atoms with E-state index in [9.17, 15) is 4.79 Å². The minimum atomic E-state index is -0.476. The molecule has 1 heterocycles. The van der Waals surface area contributed by atoms with Gasteiger partial charge in [0.2, 0.25) is 0 Å². The van der Waals surface area contributed by atoms with Gasteiger partial charge in [-0.1, -0.05) is 36.5 Å². The number of aromatic nitrogens is 2. The molecule has 1 aliphatic rings. The molecule has 1 saturated carbocycles. The Labute approximate surface area is 116 Å². The van der Waals surface area contributed by atoms with E-state index in [0.717, 1.165) is 19.3 Å². The highest BCUT2D eigenvalue weighted by molar-refractivity contribution is 6.33. The Morgan fingerprint density at radius 3 is 2.89 bits per heavy atom. The van der Waals surface area contributed by atoms with E-state index in [1.54, 1.807) is 0 Å². The van der Waals surface area contributed by atoms with Crippen LogP contribution in [0.4, 0.5) is 0 Å². The third kappa shape index (κ3) is 3.33. The number of nitrogens with zero attached hydrogens (tertiary/aromatic N) is 2. The van der Waals surface area contributed by atoms with Crippen LogP contribution in [-0.2, 0) is 4.74 Å². The van der Waals surface area contributed by atoms with Crippen LogP contribution in [0.1, 0.15) is 43.0 Å². The van der Waals surface area contributed by atoms with Crippen molar-refractivity contribution >= 4 is 29.2 Å². The molecule has 0 spiro atoms. The van der Waals surface area contributed by atoms with Crippen LogP contribution in [0.15, 0.2) is 6.07 Å². The fourth-order valence-corrected chi connectivity index (χ4v) is 2.51. The van der Waals surface area contributed by atoms with Gasteiger partial charge in [-0.05, 0) is 31.2 Å². The Balaban J connectivity index is 2.05. The molecule has 0 bridgehead atoms. The van der Waals surface area contributed by atoms with Gasteiger partial charge in [0, 0.05) is 0 Å². The van der Waals surface area contributed by atoms with Crippen LogP contribution in [0.25, 0.3) is 0 Å². The number of halogens is 2. The van der Waals surface area contributed by atoms with E-state index in [1.807, 2.05) is 0 Å². The molecular weight excluding hydrogens is 275 g/mol. The molecule has 2 rings (SSSR count). The van der Waals surface area contributed by atoms with Gasteiger partial charge in [0.1, 0.15) is 11.7 Å².